The van der Waals surface area contributed by atoms with Crippen molar-refractivity contribution in [1.82, 2.24) is 14.6 Å². The van der Waals surface area contributed by atoms with Crippen molar-refractivity contribution < 1.29 is 22.2 Å². The van der Waals surface area contributed by atoms with E-state index < -0.39 is 47.4 Å². The van der Waals surface area contributed by atoms with Crippen LogP contribution >= 0.6 is 0 Å². The van der Waals surface area contributed by atoms with Crippen molar-refractivity contribution in [2.75, 3.05) is 27.6 Å². The van der Waals surface area contributed by atoms with E-state index in [1.54, 1.807) is 0 Å². The molecule has 0 radical (unpaired) electrons. The predicted octanol–water partition coefficient (Wildman–Crippen LogP) is 1.32. The van der Waals surface area contributed by atoms with Crippen molar-refractivity contribution in [3.63, 3.8) is 0 Å². The first kappa shape index (κ1) is 6.60. The fraction of sp³-hybridized carbons (Fsp3) is 0.429. The lowest BCUT2D eigenvalue weighted by atomic mass is 10.1. The first-order valence-electron chi connectivity index (χ1n) is 10.6. The molecule has 0 aliphatic carbocycles. The third-order valence-corrected chi connectivity index (χ3v) is 3.85. The van der Waals surface area contributed by atoms with Gasteiger partial charge in [0.25, 0.3) is 0 Å². The summed E-state index contributed by atoms with van der Waals surface area (Å²) in [6.45, 7) is -6.08. The summed E-state index contributed by atoms with van der Waals surface area (Å²) in [5, 5.41) is -0.0943. The zero-order valence-electron chi connectivity index (χ0n) is 21.0. The minimum atomic E-state index is -3.98. The number of benzene rings is 1. The first-order chi connectivity index (χ1) is 13.4. The molecule has 5 nitrogen and oxygen atoms in total. The zero-order chi connectivity index (χ0) is 23.4. The quantitative estimate of drug-likeness (QED) is 0.846. The summed E-state index contributed by atoms with van der Waals surface area (Å²) in [5.41, 5.74) is -0.423. The van der Waals surface area contributed by atoms with Gasteiger partial charge in [0.1, 0.15) is 1.41 Å². The molecule has 1 heterocycles. The molecular weight excluding hydrogens is 274 g/mol. The van der Waals surface area contributed by atoms with Gasteiger partial charge in [0, 0.05) is 33.2 Å². The molecule has 110 valence electrons. The van der Waals surface area contributed by atoms with Gasteiger partial charge in [-0.1, -0.05) is 6.07 Å². The maximum Gasteiger partial charge on any atom is 0.215 e. The van der Waals surface area contributed by atoms with Gasteiger partial charge in [-0.2, -0.15) is 0 Å². The zero-order valence-corrected chi connectivity index (χ0v) is 11.8. The van der Waals surface area contributed by atoms with Crippen LogP contribution in [0.3, 0.4) is 0 Å². The Kier molecular flexibility index (Phi) is 1.96. The predicted molar refractivity (Wildman–Crippen MR) is 82.2 cm³/mol. The number of likely N-dealkylation sites (N-methyl/N-ethyl adjacent to an activating group) is 1. The number of nitrogens with zero attached hydrogens (tertiary/aromatic N) is 1. The molecule has 0 saturated heterocycles. The van der Waals surface area contributed by atoms with E-state index in [9.17, 15) is 8.42 Å². The number of aromatic nitrogens is 1. The normalized spacial score (nSPS) is 22.0. The highest BCUT2D eigenvalue weighted by atomic mass is 32.2. The Balaban J connectivity index is 2.74. The fourth-order valence-electron chi connectivity index (χ4n) is 1.66. The molecule has 0 amide bonds. The molecule has 0 spiro atoms. The molecule has 0 aliphatic rings. The van der Waals surface area contributed by atoms with E-state index in [2.05, 4.69) is 0 Å². The highest BCUT2D eigenvalue weighted by molar-refractivity contribution is 7.88. The van der Waals surface area contributed by atoms with Gasteiger partial charge in [0.05, 0.1) is 7.12 Å². The monoisotopic (exact) mass is 305 g/mol. The van der Waals surface area contributed by atoms with Gasteiger partial charge in [-0.3, -0.25) is 0 Å². The number of hydrogen-bond acceptors (Lipinski definition) is 3. The summed E-state index contributed by atoms with van der Waals surface area (Å²) in [6, 6.07) is 3.84. The van der Waals surface area contributed by atoms with Crippen molar-refractivity contribution in [1.29, 1.82) is 0 Å². The summed E-state index contributed by atoms with van der Waals surface area (Å²) >= 11 is 0. The largest absolute Gasteiger partial charge is 0.361 e. The van der Waals surface area contributed by atoms with E-state index in [4.69, 9.17) is 13.8 Å². The van der Waals surface area contributed by atoms with Gasteiger partial charge < -0.3 is 9.88 Å². The third-order valence-electron chi connectivity index (χ3n) is 2.59. The molecule has 1 aromatic heterocycles. The Morgan fingerprint density at radius 1 is 1.65 bits per heavy atom. The Morgan fingerprint density at radius 3 is 3.15 bits per heavy atom. The molecule has 2 aromatic rings. The molecule has 2 rings (SSSR count). The number of rotatable bonds is 6. The van der Waals surface area contributed by atoms with Crippen LogP contribution in [0.4, 0.5) is 0 Å². The molecular formula is C14H21N3O2S. The van der Waals surface area contributed by atoms with E-state index in [1.807, 2.05) is 0 Å². The number of aryl methyl sites for hydroxylation is 1. The SMILES string of the molecule is [2H]c1c(C([2H])([2H])C([2H])([2H])N(C)C([2H])([2H])[2H])c2cc(CS(=O)(=O)N([2H])C)ccc2n1[2H]. The second kappa shape index (κ2) is 5.95. The lowest BCUT2D eigenvalue weighted by molar-refractivity contribution is 0.414. The van der Waals surface area contributed by atoms with Crippen LogP contribution in [-0.2, 0) is 22.1 Å². The minimum absolute atomic E-state index is 0.0200. The summed E-state index contributed by atoms with van der Waals surface area (Å²) in [5.74, 6) is -0.607. The number of H-pyrrole nitrogens is 1. The standard InChI is InChI=1S/C14H21N3O2S/c1-15-20(18,19)10-11-4-5-14-13(8-11)12(9-16-14)6-7-17(2)3/h4-5,8-9,15-16H,6-7,10H2,1-3H3/i2D3,6D2,7D2,9D/hD2. The van der Waals surface area contributed by atoms with E-state index in [0.717, 1.165) is 14.1 Å². The molecule has 2 N–H and O–H groups in total. The van der Waals surface area contributed by atoms with Crippen LogP contribution in [0.1, 0.15) is 22.1 Å². The fourth-order valence-corrected chi connectivity index (χ4v) is 2.39. The van der Waals surface area contributed by atoms with Crippen molar-refractivity contribution in [2.24, 2.45) is 0 Å². The van der Waals surface area contributed by atoms with E-state index in [0.29, 0.717) is 4.98 Å². The number of hydrogen-bond donors (Lipinski definition) is 2. The van der Waals surface area contributed by atoms with E-state index in [-0.39, 0.29) is 26.1 Å². The highest BCUT2D eigenvalue weighted by Crippen LogP contribution is 2.21. The molecule has 0 atom stereocenters. The highest BCUT2D eigenvalue weighted by Gasteiger charge is 2.11. The Morgan fingerprint density at radius 2 is 2.45 bits per heavy atom. The molecule has 6 heteroatoms. The summed E-state index contributed by atoms with van der Waals surface area (Å²) in [6.07, 6.45) is -3.75. The average molecular weight is 305 g/mol. The van der Waals surface area contributed by atoms with Crippen LogP contribution in [0.25, 0.3) is 10.9 Å². The minimum Gasteiger partial charge on any atom is -0.361 e. The molecule has 1 aromatic carbocycles. The van der Waals surface area contributed by atoms with Crippen molar-refractivity contribution in [2.45, 2.75) is 12.1 Å². The summed E-state index contributed by atoms with van der Waals surface area (Å²) in [7, 11) is -2.07. The number of aromatic amines is 1. The van der Waals surface area contributed by atoms with Gasteiger partial charge in [0.2, 0.25) is 10.0 Å². The van der Waals surface area contributed by atoms with Crippen molar-refractivity contribution in [3.8, 4) is 0 Å². The van der Waals surface area contributed by atoms with Crippen LogP contribution < -0.4 is 4.72 Å². The molecule has 0 unspecified atom stereocenters. The summed E-state index contributed by atoms with van der Waals surface area (Å²) < 4.78 is 103. The molecule has 0 bridgehead atoms. The maximum atomic E-state index is 12.0. The van der Waals surface area contributed by atoms with Crippen LogP contribution in [0.2, 0.25) is 2.82 Å². The van der Waals surface area contributed by atoms with Gasteiger partial charge in [-0.25, -0.2) is 13.1 Å². The number of nitrogens with one attached hydrogen (secondary N) is 2. The van der Waals surface area contributed by atoms with Crippen LogP contribution in [0.5, 0.6) is 0 Å². The Hall–Kier alpha value is -1.37. The van der Waals surface area contributed by atoms with E-state index >= 15 is 0 Å². The number of sulfonamides is 1. The smallest absolute Gasteiger partial charge is 0.215 e. The second-order valence-electron chi connectivity index (χ2n) is 4.15. The topological polar surface area (TPSA) is 65.2 Å². The Labute approximate surface area is 134 Å². The number of fused-ring (bicyclic) bond motifs is 1. The van der Waals surface area contributed by atoms with E-state index in [1.165, 1.54) is 18.2 Å². The van der Waals surface area contributed by atoms with Crippen LogP contribution in [0.15, 0.2) is 24.4 Å². The summed E-state index contributed by atoms with van der Waals surface area (Å²) in [4.78, 5) is 0.790. The van der Waals surface area contributed by atoms with Gasteiger partial charge in [-0.15, -0.1) is 0 Å². The molecule has 0 fully saturated rings. The van der Waals surface area contributed by atoms with Crippen molar-refractivity contribution in [3.05, 3.63) is 35.5 Å². The van der Waals surface area contributed by atoms with Gasteiger partial charge in [-0.05, 0) is 50.7 Å². The van der Waals surface area contributed by atoms with Gasteiger partial charge >= 0.3 is 0 Å². The second-order valence-corrected chi connectivity index (χ2v) is 5.97. The average Bonchev–Trinajstić information content (AvgIpc) is 2.83. The van der Waals surface area contributed by atoms with Crippen molar-refractivity contribution >= 4 is 20.9 Å². The first-order valence-corrected chi connectivity index (χ1v) is 7.29. The third kappa shape index (κ3) is 3.59. The lowest BCUT2D eigenvalue weighted by Gasteiger charge is -2.08. The Bertz CT molecular complexity index is 1060. The lowest BCUT2D eigenvalue weighted by Crippen LogP contribution is -2.20. The van der Waals surface area contributed by atoms with Crippen LogP contribution in [0, 0.1) is 0 Å². The van der Waals surface area contributed by atoms with Crippen LogP contribution in [-0.4, -0.2) is 45.9 Å². The molecule has 0 aliphatic heterocycles. The van der Waals surface area contributed by atoms with Gasteiger partial charge in [0.15, 0.2) is 1.41 Å². The molecule has 0 saturated carbocycles. The maximum absolute atomic E-state index is 12.0. The molecule has 20 heavy (non-hydrogen) atoms.